The summed E-state index contributed by atoms with van der Waals surface area (Å²) in [4.78, 5) is 25.4. The molecule has 2 rings (SSSR count). The van der Waals surface area contributed by atoms with Gasteiger partial charge in [-0.1, -0.05) is 25.1 Å². The van der Waals surface area contributed by atoms with Gasteiger partial charge in [0.25, 0.3) is 5.91 Å². The van der Waals surface area contributed by atoms with Gasteiger partial charge in [-0.15, -0.1) is 0 Å². The number of carbonyl (C=O) groups excluding carboxylic acids is 2. The maximum atomic E-state index is 12.2. The van der Waals surface area contributed by atoms with Gasteiger partial charge < -0.3 is 5.32 Å². The van der Waals surface area contributed by atoms with Crippen molar-refractivity contribution in [3.8, 4) is 0 Å². The lowest BCUT2D eigenvalue weighted by molar-refractivity contribution is -0.128. The Kier molecular flexibility index (Phi) is 4.10. The van der Waals surface area contributed by atoms with E-state index in [-0.39, 0.29) is 11.8 Å². The minimum Gasteiger partial charge on any atom is -0.315 e. The predicted molar refractivity (Wildman–Crippen MR) is 69.4 cm³/mol. The highest BCUT2D eigenvalue weighted by atomic mass is 16.2. The molecule has 0 aromatic heterocycles. The molecule has 1 aliphatic heterocycles. The zero-order valence-corrected chi connectivity index (χ0v) is 10.6. The Bertz CT molecular complexity index is 457. The number of imide groups is 1. The molecular formula is C14H18N2O2. The van der Waals surface area contributed by atoms with Crippen LogP contribution in [0.2, 0.25) is 0 Å². The molecule has 18 heavy (non-hydrogen) atoms. The molecule has 0 unspecified atom stereocenters. The van der Waals surface area contributed by atoms with Gasteiger partial charge in [-0.25, -0.2) is 0 Å². The number of nitrogens with zero attached hydrogens (tertiary/aromatic N) is 1. The number of nitrogens with one attached hydrogen (secondary N) is 1. The minimum absolute atomic E-state index is 0.100. The molecular weight excluding hydrogens is 228 g/mol. The van der Waals surface area contributed by atoms with Crippen molar-refractivity contribution >= 4 is 11.8 Å². The van der Waals surface area contributed by atoms with Gasteiger partial charge in [0.2, 0.25) is 5.91 Å². The summed E-state index contributed by atoms with van der Waals surface area (Å²) in [5, 5.41) is 3.20. The van der Waals surface area contributed by atoms with Crippen LogP contribution in [-0.4, -0.2) is 36.3 Å². The monoisotopic (exact) mass is 246 g/mol. The van der Waals surface area contributed by atoms with Crippen molar-refractivity contribution in [3.63, 3.8) is 0 Å². The van der Waals surface area contributed by atoms with E-state index in [4.69, 9.17) is 0 Å². The first kappa shape index (κ1) is 12.8. The van der Waals surface area contributed by atoms with Crippen molar-refractivity contribution in [2.24, 2.45) is 0 Å². The second kappa shape index (κ2) is 5.78. The van der Waals surface area contributed by atoms with E-state index in [0.29, 0.717) is 25.1 Å². The van der Waals surface area contributed by atoms with Crippen LogP contribution in [0, 0.1) is 0 Å². The first-order valence-corrected chi connectivity index (χ1v) is 6.37. The number of fused-ring (bicyclic) bond motifs is 1. The Balaban J connectivity index is 2.05. The van der Waals surface area contributed by atoms with Crippen LogP contribution < -0.4 is 5.32 Å². The highest BCUT2D eigenvalue weighted by Gasteiger charge is 2.29. The third-order valence-corrected chi connectivity index (χ3v) is 3.07. The first-order chi connectivity index (χ1) is 8.74. The fraction of sp³-hybridized carbons (Fsp3) is 0.429. The summed E-state index contributed by atoms with van der Waals surface area (Å²) >= 11 is 0. The maximum Gasteiger partial charge on any atom is 0.260 e. The van der Waals surface area contributed by atoms with E-state index >= 15 is 0 Å². The van der Waals surface area contributed by atoms with E-state index < -0.39 is 0 Å². The van der Waals surface area contributed by atoms with Crippen molar-refractivity contribution in [1.82, 2.24) is 10.2 Å². The predicted octanol–water partition coefficient (Wildman–Crippen LogP) is 1.21. The third kappa shape index (κ3) is 2.59. The topological polar surface area (TPSA) is 49.4 Å². The lowest BCUT2D eigenvalue weighted by Gasteiger charge is -2.26. The molecule has 1 N–H and O–H groups in total. The molecule has 0 radical (unpaired) electrons. The van der Waals surface area contributed by atoms with Gasteiger partial charge in [0, 0.05) is 18.7 Å². The normalized spacial score (nSPS) is 14.8. The van der Waals surface area contributed by atoms with Crippen LogP contribution in [0.5, 0.6) is 0 Å². The van der Waals surface area contributed by atoms with E-state index in [9.17, 15) is 9.59 Å². The molecule has 96 valence electrons. The Morgan fingerprint density at radius 1 is 1.22 bits per heavy atom. The summed E-state index contributed by atoms with van der Waals surface area (Å²) in [7, 11) is 0. The molecule has 4 heteroatoms. The average Bonchev–Trinajstić information content (AvgIpc) is 2.38. The van der Waals surface area contributed by atoms with Crippen molar-refractivity contribution < 1.29 is 9.59 Å². The van der Waals surface area contributed by atoms with Gasteiger partial charge >= 0.3 is 0 Å². The molecule has 2 amide bonds. The number of benzene rings is 1. The fourth-order valence-corrected chi connectivity index (χ4v) is 2.12. The van der Waals surface area contributed by atoms with Crippen LogP contribution in [-0.2, 0) is 11.2 Å². The van der Waals surface area contributed by atoms with Gasteiger partial charge in [0.15, 0.2) is 0 Å². The molecule has 0 saturated heterocycles. The Hall–Kier alpha value is -1.68. The zero-order valence-electron chi connectivity index (χ0n) is 10.6. The van der Waals surface area contributed by atoms with Gasteiger partial charge in [-0.3, -0.25) is 14.5 Å². The summed E-state index contributed by atoms with van der Waals surface area (Å²) in [6.45, 7) is 4.10. The van der Waals surface area contributed by atoms with Crippen LogP contribution in [0.4, 0.5) is 0 Å². The molecule has 0 spiro atoms. The second-order valence-corrected chi connectivity index (χ2v) is 4.43. The number of carbonyl (C=O) groups is 2. The largest absolute Gasteiger partial charge is 0.315 e. The summed E-state index contributed by atoms with van der Waals surface area (Å²) in [5.74, 6) is -0.267. The molecule has 1 aliphatic rings. The van der Waals surface area contributed by atoms with Crippen molar-refractivity contribution in [3.05, 3.63) is 35.4 Å². The number of hydrogen-bond acceptors (Lipinski definition) is 3. The standard InChI is InChI=1S/C14H18N2O2/c1-2-7-15-8-9-16-13(17)10-11-5-3-4-6-12(11)14(16)18/h3-6,15H,2,7-10H2,1H3. The summed E-state index contributed by atoms with van der Waals surface area (Å²) in [6.07, 6.45) is 1.38. The van der Waals surface area contributed by atoms with Crippen LogP contribution in [0.1, 0.15) is 29.3 Å². The van der Waals surface area contributed by atoms with E-state index in [1.165, 1.54) is 4.90 Å². The minimum atomic E-state index is -0.167. The molecule has 1 heterocycles. The van der Waals surface area contributed by atoms with E-state index in [0.717, 1.165) is 18.5 Å². The molecule has 0 atom stereocenters. The van der Waals surface area contributed by atoms with Gasteiger partial charge in [-0.2, -0.15) is 0 Å². The second-order valence-electron chi connectivity index (χ2n) is 4.43. The van der Waals surface area contributed by atoms with Crippen molar-refractivity contribution in [2.45, 2.75) is 19.8 Å². The fourth-order valence-electron chi connectivity index (χ4n) is 2.12. The quantitative estimate of drug-likeness (QED) is 0.627. The highest BCUT2D eigenvalue weighted by molar-refractivity contribution is 6.09. The molecule has 1 aromatic carbocycles. The SMILES string of the molecule is CCCNCCN1C(=O)Cc2ccccc2C1=O. The summed E-state index contributed by atoms with van der Waals surface area (Å²) in [6, 6.07) is 7.33. The van der Waals surface area contributed by atoms with Crippen LogP contribution in [0.25, 0.3) is 0 Å². The molecule has 0 aliphatic carbocycles. The average molecular weight is 246 g/mol. The van der Waals surface area contributed by atoms with E-state index in [2.05, 4.69) is 12.2 Å². The Morgan fingerprint density at radius 3 is 2.78 bits per heavy atom. The van der Waals surface area contributed by atoms with Crippen LogP contribution in [0.3, 0.4) is 0 Å². The number of hydrogen-bond donors (Lipinski definition) is 1. The van der Waals surface area contributed by atoms with Crippen molar-refractivity contribution in [2.75, 3.05) is 19.6 Å². The van der Waals surface area contributed by atoms with E-state index in [1.807, 2.05) is 18.2 Å². The Labute approximate surface area is 107 Å². The lowest BCUT2D eigenvalue weighted by atomic mass is 9.98. The molecule has 1 aromatic rings. The number of amides is 2. The third-order valence-electron chi connectivity index (χ3n) is 3.07. The maximum absolute atomic E-state index is 12.2. The summed E-state index contributed by atoms with van der Waals surface area (Å²) < 4.78 is 0. The van der Waals surface area contributed by atoms with Gasteiger partial charge in [0.05, 0.1) is 6.42 Å². The molecule has 0 fully saturated rings. The zero-order chi connectivity index (χ0) is 13.0. The number of rotatable bonds is 5. The molecule has 4 nitrogen and oxygen atoms in total. The van der Waals surface area contributed by atoms with Gasteiger partial charge in [-0.05, 0) is 24.6 Å². The lowest BCUT2D eigenvalue weighted by Crippen LogP contribution is -2.45. The van der Waals surface area contributed by atoms with Gasteiger partial charge in [0.1, 0.15) is 0 Å². The first-order valence-electron chi connectivity index (χ1n) is 6.37. The molecule has 0 bridgehead atoms. The van der Waals surface area contributed by atoms with Crippen molar-refractivity contribution in [1.29, 1.82) is 0 Å². The van der Waals surface area contributed by atoms with Crippen LogP contribution >= 0.6 is 0 Å². The summed E-state index contributed by atoms with van der Waals surface area (Å²) in [5.41, 5.74) is 1.50. The highest BCUT2D eigenvalue weighted by Crippen LogP contribution is 2.18. The molecule has 0 saturated carbocycles. The van der Waals surface area contributed by atoms with E-state index in [1.54, 1.807) is 6.07 Å². The Morgan fingerprint density at radius 2 is 2.00 bits per heavy atom. The van der Waals surface area contributed by atoms with Crippen LogP contribution in [0.15, 0.2) is 24.3 Å². The smallest absolute Gasteiger partial charge is 0.260 e.